The first-order chi connectivity index (χ1) is 8.81. The van der Waals surface area contributed by atoms with Crippen LogP contribution in [0.3, 0.4) is 0 Å². The van der Waals surface area contributed by atoms with E-state index in [0.717, 1.165) is 25.9 Å². The number of nitrogens with one attached hydrogen (secondary N) is 1. The van der Waals surface area contributed by atoms with Crippen LogP contribution in [0.5, 0.6) is 0 Å². The van der Waals surface area contributed by atoms with Crippen molar-refractivity contribution in [2.45, 2.75) is 0 Å². The Morgan fingerprint density at radius 1 is 1.17 bits per heavy atom. The van der Waals surface area contributed by atoms with E-state index in [-0.39, 0.29) is 0 Å². The molecule has 0 atom stereocenters. The number of aromatic nitrogens is 2. The summed E-state index contributed by atoms with van der Waals surface area (Å²) in [6.07, 6.45) is 1.75. The predicted molar refractivity (Wildman–Crippen MR) is 78.0 cm³/mol. The molecular weight excluding hydrogens is 286 g/mol. The van der Waals surface area contributed by atoms with Crippen LogP contribution in [0.1, 0.15) is 0 Å². The molecule has 0 saturated carbocycles. The fraction of sp³-hybridized carbons (Fsp3) is 0. The number of hydrogen-bond donors (Lipinski definition) is 1. The summed E-state index contributed by atoms with van der Waals surface area (Å²) in [5, 5.41) is 6.00. The average molecular weight is 294 g/mol. The van der Waals surface area contributed by atoms with Gasteiger partial charge in [-0.3, -0.25) is 0 Å². The molecule has 0 aliphatic heterocycles. The smallest absolute Gasteiger partial charge is 0.188 e. The summed E-state index contributed by atoms with van der Waals surface area (Å²) in [4.78, 5) is 9.78. The number of hydrogen-bond acceptors (Lipinski definition) is 5. The van der Waals surface area contributed by atoms with Crippen molar-refractivity contribution in [1.82, 2.24) is 9.97 Å². The second-order valence-corrected chi connectivity index (χ2v) is 6.05. The number of nitrogens with zero attached hydrogens (tertiary/aromatic N) is 2. The summed E-state index contributed by atoms with van der Waals surface area (Å²) < 4.78 is 0.775. The van der Waals surface area contributed by atoms with E-state index in [0.29, 0.717) is 0 Å². The number of pyridine rings is 1. The van der Waals surface area contributed by atoms with Crippen LogP contribution in [0.15, 0.2) is 41.9 Å². The molecular formula is C12H8ClN3S2. The Hall–Kier alpha value is -1.43. The van der Waals surface area contributed by atoms with E-state index in [4.69, 9.17) is 11.6 Å². The number of rotatable bonds is 3. The van der Waals surface area contributed by atoms with Crippen molar-refractivity contribution in [2.75, 3.05) is 5.32 Å². The highest BCUT2D eigenvalue weighted by molar-refractivity contribution is 7.20. The van der Waals surface area contributed by atoms with Gasteiger partial charge in [0.1, 0.15) is 5.82 Å². The van der Waals surface area contributed by atoms with Gasteiger partial charge in [0.25, 0.3) is 0 Å². The quantitative estimate of drug-likeness (QED) is 0.763. The molecule has 0 radical (unpaired) electrons. The predicted octanol–water partition coefficient (Wildman–Crippen LogP) is 4.66. The second kappa shape index (κ2) is 5.06. The van der Waals surface area contributed by atoms with Gasteiger partial charge in [-0.2, -0.15) is 0 Å². The molecule has 0 bridgehead atoms. The van der Waals surface area contributed by atoms with Crippen molar-refractivity contribution >= 4 is 45.2 Å². The van der Waals surface area contributed by atoms with E-state index in [2.05, 4.69) is 15.3 Å². The molecule has 0 fully saturated rings. The zero-order chi connectivity index (χ0) is 12.4. The molecule has 3 nitrogen and oxygen atoms in total. The van der Waals surface area contributed by atoms with Gasteiger partial charge in [0.05, 0.1) is 14.9 Å². The van der Waals surface area contributed by atoms with Crippen LogP contribution in [0.2, 0.25) is 4.34 Å². The maximum atomic E-state index is 5.92. The molecule has 1 N–H and O–H groups in total. The van der Waals surface area contributed by atoms with Gasteiger partial charge in [0.2, 0.25) is 0 Å². The van der Waals surface area contributed by atoms with Crippen LogP contribution < -0.4 is 5.32 Å². The topological polar surface area (TPSA) is 37.8 Å². The molecule has 0 amide bonds. The summed E-state index contributed by atoms with van der Waals surface area (Å²) in [7, 11) is 0. The lowest BCUT2D eigenvalue weighted by Crippen LogP contribution is -1.91. The maximum Gasteiger partial charge on any atom is 0.188 e. The summed E-state index contributed by atoms with van der Waals surface area (Å²) in [6, 6.07) is 9.58. The molecule has 18 heavy (non-hydrogen) atoms. The molecule has 0 aliphatic carbocycles. The Bertz CT molecular complexity index is 648. The normalized spacial score (nSPS) is 10.5. The molecule has 3 rings (SSSR count). The van der Waals surface area contributed by atoms with E-state index in [1.807, 2.05) is 35.7 Å². The minimum Gasteiger partial charge on any atom is -0.316 e. The van der Waals surface area contributed by atoms with E-state index < -0.39 is 0 Å². The monoisotopic (exact) mass is 293 g/mol. The van der Waals surface area contributed by atoms with Gasteiger partial charge in [0.15, 0.2) is 5.13 Å². The SMILES string of the molecule is Clc1ccc(-c2csc(Nc3ccccn3)n2)s1. The Balaban J connectivity index is 1.82. The van der Waals surface area contributed by atoms with Crippen molar-refractivity contribution in [3.8, 4) is 10.6 Å². The highest BCUT2D eigenvalue weighted by Gasteiger charge is 2.07. The van der Waals surface area contributed by atoms with Gasteiger partial charge in [-0.15, -0.1) is 22.7 Å². The summed E-state index contributed by atoms with van der Waals surface area (Å²) >= 11 is 8.99. The van der Waals surface area contributed by atoms with E-state index in [1.54, 1.807) is 17.5 Å². The Morgan fingerprint density at radius 2 is 2.11 bits per heavy atom. The first-order valence-corrected chi connectivity index (χ1v) is 7.28. The van der Waals surface area contributed by atoms with E-state index >= 15 is 0 Å². The van der Waals surface area contributed by atoms with Gasteiger partial charge in [-0.1, -0.05) is 17.7 Å². The summed E-state index contributed by atoms with van der Waals surface area (Å²) in [5.41, 5.74) is 0.940. The van der Waals surface area contributed by atoms with E-state index in [1.165, 1.54) is 11.3 Å². The van der Waals surface area contributed by atoms with Crippen molar-refractivity contribution in [2.24, 2.45) is 0 Å². The standard InChI is InChI=1S/C12H8ClN3S2/c13-10-5-4-9(18-10)8-7-17-12(15-8)16-11-3-1-2-6-14-11/h1-7H,(H,14,15,16). The van der Waals surface area contributed by atoms with Crippen LogP contribution in [-0.4, -0.2) is 9.97 Å². The molecule has 6 heteroatoms. The van der Waals surface area contributed by atoms with Crippen LogP contribution in [0.25, 0.3) is 10.6 Å². The lowest BCUT2D eigenvalue weighted by Gasteiger charge is -1.99. The molecule has 0 saturated heterocycles. The Kier molecular flexibility index (Phi) is 3.27. The maximum absolute atomic E-state index is 5.92. The molecule has 0 spiro atoms. The average Bonchev–Trinajstić information content (AvgIpc) is 2.99. The van der Waals surface area contributed by atoms with Gasteiger partial charge in [-0.05, 0) is 24.3 Å². The minimum absolute atomic E-state index is 0.775. The zero-order valence-electron chi connectivity index (χ0n) is 9.13. The summed E-state index contributed by atoms with van der Waals surface area (Å²) in [6.45, 7) is 0. The zero-order valence-corrected chi connectivity index (χ0v) is 11.5. The van der Waals surface area contributed by atoms with E-state index in [9.17, 15) is 0 Å². The molecule has 3 aromatic heterocycles. The molecule has 0 aromatic carbocycles. The first-order valence-electron chi connectivity index (χ1n) is 5.20. The Morgan fingerprint density at radius 3 is 2.83 bits per heavy atom. The third-order valence-corrected chi connectivity index (χ3v) is 4.24. The molecule has 0 unspecified atom stereocenters. The largest absolute Gasteiger partial charge is 0.316 e. The van der Waals surface area contributed by atoms with Gasteiger partial charge in [0, 0.05) is 11.6 Å². The van der Waals surface area contributed by atoms with Crippen molar-refractivity contribution < 1.29 is 0 Å². The number of thiazole rings is 1. The fourth-order valence-electron chi connectivity index (χ4n) is 1.44. The lowest BCUT2D eigenvalue weighted by atomic mass is 10.4. The number of thiophene rings is 1. The van der Waals surface area contributed by atoms with Crippen LogP contribution >= 0.6 is 34.3 Å². The van der Waals surface area contributed by atoms with Crippen molar-refractivity contribution in [3.63, 3.8) is 0 Å². The van der Waals surface area contributed by atoms with Gasteiger partial charge >= 0.3 is 0 Å². The van der Waals surface area contributed by atoms with Gasteiger partial charge < -0.3 is 5.32 Å². The minimum atomic E-state index is 0.775. The molecule has 3 aromatic rings. The summed E-state index contributed by atoms with van der Waals surface area (Å²) in [5.74, 6) is 0.794. The van der Waals surface area contributed by atoms with Crippen LogP contribution in [-0.2, 0) is 0 Å². The number of anilines is 2. The van der Waals surface area contributed by atoms with Gasteiger partial charge in [-0.25, -0.2) is 9.97 Å². The van der Waals surface area contributed by atoms with Crippen molar-refractivity contribution in [1.29, 1.82) is 0 Å². The van der Waals surface area contributed by atoms with Crippen LogP contribution in [0.4, 0.5) is 10.9 Å². The molecule has 90 valence electrons. The number of halogens is 1. The second-order valence-electron chi connectivity index (χ2n) is 3.48. The first kappa shape index (κ1) is 11.6. The van der Waals surface area contributed by atoms with Crippen LogP contribution in [0, 0.1) is 0 Å². The molecule has 3 heterocycles. The highest BCUT2D eigenvalue weighted by atomic mass is 35.5. The lowest BCUT2D eigenvalue weighted by molar-refractivity contribution is 1.29. The van der Waals surface area contributed by atoms with Crippen molar-refractivity contribution in [3.05, 3.63) is 46.2 Å². The molecule has 0 aliphatic rings. The Labute approximate surface area is 117 Å². The third-order valence-electron chi connectivity index (χ3n) is 2.23. The fourth-order valence-corrected chi connectivity index (χ4v) is 3.24. The third kappa shape index (κ3) is 2.53. The highest BCUT2D eigenvalue weighted by Crippen LogP contribution is 2.33.